The quantitative estimate of drug-likeness (QED) is 0.737. The topological polar surface area (TPSA) is 54.0 Å². The highest BCUT2D eigenvalue weighted by Crippen LogP contribution is 2.01. The first-order valence-electron chi connectivity index (χ1n) is 3.73. The van der Waals surface area contributed by atoms with Crippen molar-refractivity contribution in [2.45, 2.75) is 13.5 Å². The minimum absolute atomic E-state index is 0.146. The third-order valence-corrected chi connectivity index (χ3v) is 2.00. The number of aromatic nitrogens is 1. The number of rotatable bonds is 3. The van der Waals surface area contributed by atoms with E-state index in [1.165, 1.54) is 11.3 Å². The van der Waals surface area contributed by atoms with Crippen molar-refractivity contribution in [3.63, 3.8) is 0 Å². The molecule has 0 saturated carbocycles. The second-order valence-corrected chi connectivity index (χ2v) is 3.12. The zero-order valence-corrected chi connectivity index (χ0v) is 7.65. The molecule has 4 nitrogen and oxygen atoms in total. The van der Waals surface area contributed by atoms with E-state index in [9.17, 15) is 4.79 Å². The third kappa shape index (κ3) is 2.87. The Bertz CT molecular complexity index is 235. The molecule has 1 rings (SSSR count). The summed E-state index contributed by atoms with van der Waals surface area (Å²) in [6.45, 7) is 3.02. The number of hydrogen-bond donors (Lipinski definition) is 2. The van der Waals surface area contributed by atoms with E-state index in [-0.39, 0.29) is 6.03 Å². The number of thiazole rings is 1. The van der Waals surface area contributed by atoms with Crippen molar-refractivity contribution in [3.8, 4) is 0 Å². The normalized spacial score (nSPS) is 9.42. The van der Waals surface area contributed by atoms with Crippen LogP contribution in [0.2, 0.25) is 0 Å². The molecule has 5 heteroatoms. The Morgan fingerprint density at radius 2 is 2.50 bits per heavy atom. The van der Waals surface area contributed by atoms with Crippen LogP contribution < -0.4 is 10.6 Å². The Labute approximate surface area is 75.0 Å². The molecule has 12 heavy (non-hydrogen) atoms. The minimum Gasteiger partial charge on any atom is -0.338 e. The summed E-state index contributed by atoms with van der Waals surface area (Å²) >= 11 is 1.53. The molecule has 1 aromatic rings. The van der Waals surface area contributed by atoms with Crippen LogP contribution in [0.25, 0.3) is 0 Å². The Hall–Kier alpha value is -1.10. The Morgan fingerprint density at radius 1 is 1.67 bits per heavy atom. The summed E-state index contributed by atoms with van der Waals surface area (Å²) in [7, 11) is 0. The average molecular weight is 185 g/mol. The van der Waals surface area contributed by atoms with Crippen LogP contribution in [0.3, 0.4) is 0 Å². The van der Waals surface area contributed by atoms with Crippen molar-refractivity contribution in [2.24, 2.45) is 0 Å². The highest BCUT2D eigenvalue weighted by atomic mass is 32.1. The number of urea groups is 1. The van der Waals surface area contributed by atoms with Gasteiger partial charge in [0.2, 0.25) is 0 Å². The van der Waals surface area contributed by atoms with E-state index < -0.39 is 0 Å². The summed E-state index contributed by atoms with van der Waals surface area (Å²) in [5.41, 5.74) is 0. The van der Waals surface area contributed by atoms with E-state index in [2.05, 4.69) is 15.6 Å². The van der Waals surface area contributed by atoms with Crippen molar-refractivity contribution in [3.05, 3.63) is 16.6 Å². The van der Waals surface area contributed by atoms with E-state index in [1.807, 2.05) is 12.3 Å². The molecule has 0 bridgehead atoms. The molecule has 2 N–H and O–H groups in total. The number of nitrogens with zero attached hydrogens (tertiary/aromatic N) is 1. The van der Waals surface area contributed by atoms with E-state index in [0.717, 1.165) is 5.01 Å². The molecule has 0 aromatic carbocycles. The van der Waals surface area contributed by atoms with Gasteiger partial charge in [-0.15, -0.1) is 11.3 Å². The highest BCUT2D eigenvalue weighted by Gasteiger charge is 1.98. The maximum atomic E-state index is 10.9. The second kappa shape index (κ2) is 4.71. The monoisotopic (exact) mass is 185 g/mol. The zero-order valence-electron chi connectivity index (χ0n) is 6.83. The lowest BCUT2D eigenvalue weighted by Gasteiger charge is -2.02. The van der Waals surface area contributed by atoms with Crippen molar-refractivity contribution in [1.82, 2.24) is 15.6 Å². The number of nitrogens with one attached hydrogen (secondary N) is 2. The molecule has 1 aromatic heterocycles. The van der Waals surface area contributed by atoms with Crippen molar-refractivity contribution in [2.75, 3.05) is 6.54 Å². The van der Waals surface area contributed by atoms with Gasteiger partial charge in [0, 0.05) is 18.1 Å². The van der Waals surface area contributed by atoms with E-state index in [1.54, 1.807) is 6.20 Å². The summed E-state index contributed by atoms with van der Waals surface area (Å²) in [5.74, 6) is 0. The molecule has 0 saturated heterocycles. The largest absolute Gasteiger partial charge is 0.338 e. The first-order chi connectivity index (χ1) is 5.83. The molecule has 2 amide bonds. The summed E-state index contributed by atoms with van der Waals surface area (Å²) in [5, 5.41) is 8.12. The van der Waals surface area contributed by atoms with E-state index >= 15 is 0 Å². The number of carbonyl (C=O) groups excluding carboxylic acids is 1. The van der Waals surface area contributed by atoms with Gasteiger partial charge in [-0.05, 0) is 6.92 Å². The van der Waals surface area contributed by atoms with Crippen molar-refractivity contribution in [1.29, 1.82) is 0 Å². The molecule has 0 atom stereocenters. The Balaban J connectivity index is 2.22. The van der Waals surface area contributed by atoms with Gasteiger partial charge in [0.25, 0.3) is 0 Å². The molecule has 0 radical (unpaired) electrons. The van der Waals surface area contributed by atoms with Crippen LogP contribution in [0.4, 0.5) is 4.79 Å². The first-order valence-corrected chi connectivity index (χ1v) is 4.61. The lowest BCUT2D eigenvalue weighted by atomic mass is 10.6. The molecule has 0 fully saturated rings. The molecule has 0 aliphatic rings. The lowest BCUT2D eigenvalue weighted by Crippen LogP contribution is -2.34. The van der Waals surface area contributed by atoms with Crippen LogP contribution in [0.15, 0.2) is 11.6 Å². The summed E-state index contributed by atoms with van der Waals surface area (Å²) in [6, 6.07) is -0.146. The molecule has 0 aliphatic carbocycles. The lowest BCUT2D eigenvalue weighted by molar-refractivity contribution is 0.241. The van der Waals surface area contributed by atoms with Crippen LogP contribution >= 0.6 is 11.3 Å². The molecule has 0 spiro atoms. The fraction of sp³-hybridized carbons (Fsp3) is 0.429. The number of hydrogen-bond acceptors (Lipinski definition) is 3. The van der Waals surface area contributed by atoms with Crippen molar-refractivity contribution >= 4 is 17.4 Å². The van der Waals surface area contributed by atoms with Gasteiger partial charge in [-0.3, -0.25) is 0 Å². The fourth-order valence-electron chi connectivity index (χ4n) is 0.719. The molecular formula is C7H11N3OS. The average Bonchev–Trinajstić information content (AvgIpc) is 2.53. The molecular weight excluding hydrogens is 174 g/mol. The van der Waals surface area contributed by atoms with Gasteiger partial charge in [0.05, 0.1) is 6.54 Å². The fourth-order valence-corrected chi connectivity index (χ4v) is 1.28. The number of amides is 2. The Morgan fingerprint density at radius 3 is 3.08 bits per heavy atom. The van der Waals surface area contributed by atoms with Crippen LogP contribution in [-0.2, 0) is 6.54 Å². The predicted molar refractivity (Wildman–Crippen MR) is 48.0 cm³/mol. The Kier molecular flexibility index (Phi) is 3.53. The van der Waals surface area contributed by atoms with Crippen molar-refractivity contribution < 1.29 is 4.79 Å². The number of carbonyl (C=O) groups is 1. The van der Waals surface area contributed by atoms with E-state index in [4.69, 9.17) is 0 Å². The summed E-state index contributed by atoms with van der Waals surface area (Å²) < 4.78 is 0. The first kappa shape index (κ1) is 8.99. The van der Waals surface area contributed by atoms with Gasteiger partial charge < -0.3 is 10.6 Å². The molecule has 66 valence electrons. The zero-order chi connectivity index (χ0) is 8.81. The van der Waals surface area contributed by atoms with Crippen LogP contribution in [0.5, 0.6) is 0 Å². The van der Waals surface area contributed by atoms with Gasteiger partial charge in [-0.25, -0.2) is 9.78 Å². The van der Waals surface area contributed by atoms with Crippen LogP contribution in [0.1, 0.15) is 11.9 Å². The van der Waals surface area contributed by atoms with Gasteiger partial charge in [0.15, 0.2) is 0 Å². The van der Waals surface area contributed by atoms with Gasteiger partial charge >= 0.3 is 6.03 Å². The van der Waals surface area contributed by atoms with Gasteiger partial charge in [-0.2, -0.15) is 0 Å². The smallest absolute Gasteiger partial charge is 0.315 e. The molecule has 0 aliphatic heterocycles. The SMILES string of the molecule is CCNC(=O)NCc1nccs1. The summed E-state index contributed by atoms with van der Waals surface area (Å²) in [4.78, 5) is 14.9. The molecule has 1 heterocycles. The second-order valence-electron chi connectivity index (χ2n) is 2.14. The van der Waals surface area contributed by atoms with E-state index in [0.29, 0.717) is 13.1 Å². The standard InChI is InChI=1S/C7H11N3OS/c1-2-8-7(11)10-5-6-9-3-4-12-6/h3-4H,2,5H2,1H3,(H2,8,10,11). The van der Waals surface area contributed by atoms with Crippen LogP contribution in [-0.4, -0.2) is 17.6 Å². The molecule has 0 unspecified atom stereocenters. The third-order valence-electron chi connectivity index (χ3n) is 1.22. The predicted octanol–water partition coefficient (Wildman–Crippen LogP) is 0.962. The highest BCUT2D eigenvalue weighted by molar-refractivity contribution is 7.09. The maximum Gasteiger partial charge on any atom is 0.315 e. The van der Waals surface area contributed by atoms with Gasteiger partial charge in [0.1, 0.15) is 5.01 Å². The van der Waals surface area contributed by atoms with Crippen LogP contribution in [0, 0.1) is 0 Å². The summed E-state index contributed by atoms with van der Waals surface area (Å²) in [6.07, 6.45) is 1.72. The van der Waals surface area contributed by atoms with Gasteiger partial charge in [-0.1, -0.05) is 0 Å². The minimum atomic E-state index is -0.146. The maximum absolute atomic E-state index is 10.9.